The Bertz CT molecular complexity index is 614. The van der Waals surface area contributed by atoms with Crippen molar-refractivity contribution in [2.24, 2.45) is 0 Å². The summed E-state index contributed by atoms with van der Waals surface area (Å²) < 4.78 is 13.4. The van der Waals surface area contributed by atoms with Crippen molar-refractivity contribution in [3.8, 4) is 0 Å². The van der Waals surface area contributed by atoms with E-state index >= 15 is 0 Å². The Labute approximate surface area is 110 Å². The van der Waals surface area contributed by atoms with Gasteiger partial charge in [0.25, 0.3) is 0 Å². The Morgan fingerprint density at radius 3 is 2.63 bits per heavy atom. The quantitative estimate of drug-likeness (QED) is 0.674. The van der Waals surface area contributed by atoms with E-state index in [1.54, 1.807) is 0 Å². The molecule has 0 aliphatic heterocycles. The maximum absolute atomic E-state index is 13.4. The van der Waals surface area contributed by atoms with E-state index in [0.717, 1.165) is 23.3 Å². The Kier molecular flexibility index (Phi) is 3.75. The molecule has 0 saturated carbocycles. The van der Waals surface area contributed by atoms with Gasteiger partial charge in [0.15, 0.2) is 0 Å². The van der Waals surface area contributed by atoms with E-state index in [1.165, 1.54) is 6.07 Å². The van der Waals surface area contributed by atoms with Crippen molar-refractivity contribution in [1.29, 1.82) is 0 Å². The molecular weight excluding hydrogens is 247 g/mol. The highest BCUT2D eigenvalue weighted by atomic mass is 19.1. The number of aryl methyl sites for hydroxylation is 1. The van der Waals surface area contributed by atoms with Crippen LogP contribution in [0.25, 0.3) is 0 Å². The number of nitrogens with zero attached hydrogens (tertiary/aromatic N) is 1. The molecule has 0 aromatic heterocycles. The van der Waals surface area contributed by atoms with Gasteiger partial charge in [-0.25, -0.2) is 0 Å². The van der Waals surface area contributed by atoms with E-state index in [2.05, 4.69) is 5.32 Å². The molecule has 0 aliphatic carbocycles. The lowest BCUT2D eigenvalue weighted by Gasteiger charge is -2.09. The second kappa shape index (κ2) is 5.48. The van der Waals surface area contributed by atoms with Crippen molar-refractivity contribution in [2.45, 2.75) is 13.5 Å². The zero-order valence-corrected chi connectivity index (χ0v) is 10.4. The minimum absolute atomic E-state index is 0.513. The lowest BCUT2D eigenvalue weighted by molar-refractivity contribution is -0.387. The number of nitro benzene ring substituents is 1. The molecule has 0 saturated heterocycles. The molecule has 0 heterocycles. The van der Waals surface area contributed by atoms with Gasteiger partial charge in [-0.1, -0.05) is 24.3 Å². The highest BCUT2D eigenvalue weighted by Gasteiger charge is 2.13. The number of halogens is 1. The third-order valence-electron chi connectivity index (χ3n) is 2.89. The molecule has 2 aromatic carbocycles. The maximum Gasteiger partial charge on any atom is 0.304 e. The fourth-order valence-corrected chi connectivity index (χ4v) is 1.77. The first-order valence-electron chi connectivity index (χ1n) is 5.80. The van der Waals surface area contributed by atoms with Crippen molar-refractivity contribution in [2.75, 3.05) is 5.32 Å². The first kappa shape index (κ1) is 13.0. The van der Waals surface area contributed by atoms with E-state index in [1.807, 2.05) is 31.2 Å². The van der Waals surface area contributed by atoms with E-state index in [0.29, 0.717) is 12.2 Å². The van der Waals surface area contributed by atoms with Crippen LogP contribution in [0.4, 0.5) is 15.8 Å². The topological polar surface area (TPSA) is 55.2 Å². The number of hydrogen-bond donors (Lipinski definition) is 1. The van der Waals surface area contributed by atoms with Crippen molar-refractivity contribution < 1.29 is 9.31 Å². The van der Waals surface area contributed by atoms with Gasteiger partial charge in [0.1, 0.15) is 0 Å². The Balaban J connectivity index is 2.11. The molecule has 5 heteroatoms. The molecule has 0 unspecified atom stereocenters. The molecule has 0 fully saturated rings. The van der Waals surface area contributed by atoms with Gasteiger partial charge in [-0.2, -0.15) is 4.39 Å². The summed E-state index contributed by atoms with van der Waals surface area (Å²) in [5.74, 6) is -0.834. The van der Waals surface area contributed by atoms with Crippen molar-refractivity contribution in [3.63, 3.8) is 0 Å². The average Bonchev–Trinajstić information content (AvgIpc) is 2.37. The SMILES string of the molecule is Cc1ccccc1CNc1ccc([N+](=O)[O-])c(F)c1. The van der Waals surface area contributed by atoms with Gasteiger partial charge in [0, 0.05) is 24.4 Å². The average molecular weight is 260 g/mol. The third kappa shape index (κ3) is 3.07. The van der Waals surface area contributed by atoms with Crippen LogP contribution in [0.5, 0.6) is 0 Å². The highest BCUT2D eigenvalue weighted by Crippen LogP contribution is 2.21. The Morgan fingerprint density at radius 1 is 1.26 bits per heavy atom. The number of nitrogens with one attached hydrogen (secondary N) is 1. The van der Waals surface area contributed by atoms with Crippen LogP contribution >= 0.6 is 0 Å². The number of hydrogen-bond acceptors (Lipinski definition) is 3. The molecule has 0 aliphatic rings. The van der Waals surface area contributed by atoms with Crippen LogP contribution in [-0.4, -0.2) is 4.92 Å². The Hall–Kier alpha value is -2.43. The number of rotatable bonds is 4. The first-order chi connectivity index (χ1) is 9.08. The van der Waals surface area contributed by atoms with Gasteiger partial charge in [0.05, 0.1) is 4.92 Å². The molecule has 0 atom stereocenters. The monoisotopic (exact) mass is 260 g/mol. The first-order valence-corrected chi connectivity index (χ1v) is 5.80. The van der Waals surface area contributed by atoms with Gasteiger partial charge in [-0.15, -0.1) is 0 Å². The maximum atomic E-state index is 13.4. The van der Waals surface area contributed by atoms with Crippen molar-refractivity contribution in [3.05, 3.63) is 69.5 Å². The zero-order chi connectivity index (χ0) is 13.8. The number of anilines is 1. The van der Waals surface area contributed by atoms with Crippen LogP contribution < -0.4 is 5.32 Å². The normalized spacial score (nSPS) is 10.2. The van der Waals surface area contributed by atoms with Gasteiger partial charge < -0.3 is 5.32 Å². The van der Waals surface area contributed by atoms with Crippen LogP contribution in [0.2, 0.25) is 0 Å². The van der Waals surface area contributed by atoms with Gasteiger partial charge in [-0.05, 0) is 24.1 Å². The standard InChI is InChI=1S/C14H13FN2O2/c1-10-4-2-3-5-11(10)9-16-12-6-7-14(17(18)19)13(15)8-12/h2-8,16H,9H2,1H3. The molecule has 4 nitrogen and oxygen atoms in total. The molecular formula is C14H13FN2O2. The summed E-state index contributed by atoms with van der Waals surface area (Å²) >= 11 is 0. The molecule has 98 valence electrons. The smallest absolute Gasteiger partial charge is 0.304 e. The van der Waals surface area contributed by atoms with Crippen LogP contribution in [0, 0.1) is 22.9 Å². The molecule has 0 amide bonds. The van der Waals surface area contributed by atoms with Crippen molar-refractivity contribution in [1.82, 2.24) is 0 Å². The van der Waals surface area contributed by atoms with Crippen molar-refractivity contribution >= 4 is 11.4 Å². The van der Waals surface area contributed by atoms with Crippen LogP contribution in [0.3, 0.4) is 0 Å². The van der Waals surface area contributed by atoms with Crippen LogP contribution in [-0.2, 0) is 6.54 Å². The predicted molar refractivity (Wildman–Crippen MR) is 71.6 cm³/mol. The third-order valence-corrected chi connectivity index (χ3v) is 2.89. The van der Waals surface area contributed by atoms with E-state index in [-0.39, 0.29) is 0 Å². The van der Waals surface area contributed by atoms with Crippen LogP contribution in [0.15, 0.2) is 42.5 Å². The molecule has 1 N–H and O–H groups in total. The van der Waals surface area contributed by atoms with E-state index in [4.69, 9.17) is 0 Å². The molecule has 0 spiro atoms. The molecule has 2 aromatic rings. The fraction of sp³-hybridized carbons (Fsp3) is 0.143. The van der Waals surface area contributed by atoms with Gasteiger partial charge in [-0.3, -0.25) is 10.1 Å². The lowest BCUT2D eigenvalue weighted by atomic mass is 10.1. The summed E-state index contributed by atoms with van der Waals surface area (Å²) in [6.07, 6.45) is 0. The summed E-state index contributed by atoms with van der Waals surface area (Å²) in [6, 6.07) is 11.6. The number of benzene rings is 2. The van der Waals surface area contributed by atoms with Gasteiger partial charge in [0.2, 0.25) is 5.82 Å². The second-order valence-electron chi connectivity index (χ2n) is 4.20. The summed E-state index contributed by atoms with van der Waals surface area (Å²) in [6.45, 7) is 2.54. The van der Waals surface area contributed by atoms with E-state index < -0.39 is 16.4 Å². The molecule has 19 heavy (non-hydrogen) atoms. The molecule has 0 bridgehead atoms. The summed E-state index contributed by atoms with van der Waals surface area (Å²) in [5.41, 5.74) is 2.24. The predicted octanol–water partition coefficient (Wildman–Crippen LogP) is 3.65. The minimum Gasteiger partial charge on any atom is -0.381 e. The summed E-state index contributed by atoms with van der Waals surface area (Å²) in [5, 5.41) is 13.5. The summed E-state index contributed by atoms with van der Waals surface area (Å²) in [4.78, 5) is 9.77. The number of nitro groups is 1. The second-order valence-corrected chi connectivity index (χ2v) is 4.20. The largest absolute Gasteiger partial charge is 0.381 e. The zero-order valence-electron chi connectivity index (χ0n) is 10.4. The summed E-state index contributed by atoms with van der Waals surface area (Å²) in [7, 11) is 0. The fourth-order valence-electron chi connectivity index (χ4n) is 1.77. The minimum atomic E-state index is -0.834. The van der Waals surface area contributed by atoms with Gasteiger partial charge >= 0.3 is 5.69 Å². The lowest BCUT2D eigenvalue weighted by Crippen LogP contribution is -2.02. The highest BCUT2D eigenvalue weighted by molar-refractivity contribution is 5.50. The molecule has 2 rings (SSSR count). The van der Waals surface area contributed by atoms with E-state index in [9.17, 15) is 14.5 Å². The molecule has 0 radical (unpaired) electrons. The Morgan fingerprint density at radius 2 is 2.00 bits per heavy atom. The van der Waals surface area contributed by atoms with Crippen LogP contribution in [0.1, 0.15) is 11.1 Å².